The average molecular weight is 274 g/mol. The minimum atomic E-state index is 0.872. The molecule has 0 aromatic rings. The van der Waals surface area contributed by atoms with Crippen molar-refractivity contribution in [3.63, 3.8) is 0 Å². The van der Waals surface area contributed by atoms with Crippen LogP contribution in [-0.4, -0.2) is 27.9 Å². The molecule has 0 bridgehead atoms. The van der Waals surface area contributed by atoms with Gasteiger partial charge in [0.1, 0.15) is 0 Å². The monoisotopic (exact) mass is 273 g/mol. The Morgan fingerprint density at radius 3 is 1.71 bits per heavy atom. The Kier molecular flexibility index (Phi) is 6.59. The first kappa shape index (κ1) is 14.1. The van der Waals surface area contributed by atoms with Gasteiger partial charge in [-0.25, -0.2) is 4.31 Å². The topological polar surface area (TPSA) is 3.24 Å². The molecule has 0 heterocycles. The normalized spacial score (nSPS) is 24.4. The Hall–Kier alpha value is 0.660. The highest BCUT2D eigenvalue weighted by molar-refractivity contribution is 7.97. The van der Waals surface area contributed by atoms with Gasteiger partial charge >= 0.3 is 0 Å². The van der Waals surface area contributed by atoms with Gasteiger partial charge in [0.25, 0.3) is 0 Å². The Balaban J connectivity index is 1.90. The molecule has 0 amide bonds. The average Bonchev–Trinajstić information content (AvgIpc) is 2.42. The van der Waals surface area contributed by atoms with Gasteiger partial charge in [0.15, 0.2) is 0 Å². The van der Waals surface area contributed by atoms with E-state index in [1.54, 1.807) is 0 Å². The van der Waals surface area contributed by atoms with Crippen LogP contribution in [0.4, 0.5) is 0 Å². The van der Waals surface area contributed by atoms with E-state index in [1.165, 1.54) is 70.0 Å². The molecule has 2 rings (SSSR count). The molecule has 0 aromatic carbocycles. The summed E-state index contributed by atoms with van der Waals surface area (Å²) in [5.41, 5.74) is 0. The van der Waals surface area contributed by atoms with Crippen LogP contribution in [-0.2, 0) is 0 Å². The molecular formula is C14H27NS2. The van der Waals surface area contributed by atoms with E-state index in [4.69, 9.17) is 0 Å². The van der Waals surface area contributed by atoms with Gasteiger partial charge in [-0.1, -0.05) is 50.5 Å². The van der Waals surface area contributed by atoms with Crippen LogP contribution in [0, 0.1) is 0 Å². The molecule has 2 fully saturated rings. The van der Waals surface area contributed by atoms with Crippen LogP contribution in [0.25, 0.3) is 0 Å². The third kappa shape index (κ3) is 4.36. The molecule has 1 nitrogen and oxygen atoms in total. The lowest BCUT2D eigenvalue weighted by molar-refractivity contribution is 0.185. The molecular weight excluding hydrogens is 246 g/mol. The molecule has 0 spiro atoms. The van der Waals surface area contributed by atoms with E-state index >= 15 is 0 Å². The van der Waals surface area contributed by atoms with E-state index in [-0.39, 0.29) is 0 Å². The maximum atomic E-state index is 4.38. The summed E-state index contributed by atoms with van der Waals surface area (Å²) in [5, 5.41) is 0. The second-order valence-corrected chi connectivity index (χ2v) is 7.04. The molecule has 17 heavy (non-hydrogen) atoms. The number of rotatable bonds is 5. The summed E-state index contributed by atoms with van der Waals surface area (Å²) in [6.07, 6.45) is 14.5. The first-order valence-electron chi connectivity index (χ1n) is 7.44. The van der Waals surface area contributed by atoms with Crippen molar-refractivity contribution in [1.82, 2.24) is 4.31 Å². The fourth-order valence-corrected chi connectivity index (χ4v) is 4.71. The second-order valence-electron chi connectivity index (χ2n) is 5.50. The van der Waals surface area contributed by atoms with Crippen molar-refractivity contribution in [2.24, 2.45) is 0 Å². The molecule has 2 aliphatic rings. The van der Waals surface area contributed by atoms with Crippen molar-refractivity contribution in [1.29, 1.82) is 0 Å². The molecule has 2 saturated carbocycles. The molecule has 2 aliphatic carbocycles. The zero-order valence-corrected chi connectivity index (χ0v) is 12.7. The predicted octanol–water partition coefficient (Wildman–Crippen LogP) is 4.53. The summed E-state index contributed by atoms with van der Waals surface area (Å²) in [6, 6.07) is 1.74. The quantitative estimate of drug-likeness (QED) is 0.579. The number of thiol groups is 1. The lowest BCUT2D eigenvalue weighted by atomic mass is 9.91. The maximum Gasteiger partial charge on any atom is 0.0205 e. The van der Waals surface area contributed by atoms with Crippen LogP contribution in [0.1, 0.15) is 64.2 Å². The first-order chi connectivity index (χ1) is 8.42. The Labute approximate surface area is 117 Å². The summed E-state index contributed by atoms with van der Waals surface area (Å²) >= 11 is 6.47. The Morgan fingerprint density at radius 2 is 1.29 bits per heavy atom. The van der Waals surface area contributed by atoms with Crippen LogP contribution in [0.2, 0.25) is 0 Å². The van der Waals surface area contributed by atoms with Crippen molar-refractivity contribution in [2.75, 3.05) is 11.5 Å². The van der Waals surface area contributed by atoms with Crippen LogP contribution >= 0.6 is 24.6 Å². The smallest absolute Gasteiger partial charge is 0.0205 e. The van der Waals surface area contributed by atoms with E-state index in [2.05, 4.69) is 28.9 Å². The van der Waals surface area contributed by atoms with E-state index in [0.29, 0.717) is 0 Å². The maximum absolute atomic E-state index is 4.38. The van der Waals surface area contributed by atoms with Crippen LogP contribution in [0.3, 0.4) is 0 Å². The lowest BCUT2D eigenvalue weighted by Crippen LogP contribution is -2.40. The predicted molar refractivity (Wildman–Crippen MR) is 81.9 cm³/mol. The summed E-state index contributed by atoms with van der Waals surface area (Å²) < 4.78 is 2.80. The van der Waals surface area contributed by atoms with Gasteiger partial charge in [-0.15, -0.1) is 0 Å². The molecule has 0 saturated heterocycles. The zero-order chi connectivity index (χ0) is 11.9. The summed E-state index contributed by atoms with van der Waals surface area (Å²) in [5.74, 6) is 2.21. The number of nitrogens with zero attached hydrogens (tertiary/aromatic N) is 1. The third-order valence-corrected chi connectivity index (χ3v) is 6.01. The van der Waals surface area contributed by atoms with E-state index in [0.717, 1.165) is 17.8 Å². The Bertz CT molecular complexity index is 180. The molecule has 0 aliphatic heterocycles. The minimum Gasteiger partial charge on any atom is -0.244 e. The van der Waals surface area contributed by atoms with Gasteiger partial charge in [0, 0.05) is 23.6 Å². The van der Waals surface area contributed by atoms with Crippen LogP contribution in [0.15, 0.2) is 0 Å². The van der Waals surface area contributed by atoms with Crippen LogP contribution in [0.5, 0.6) is 0 Å². The second kappa shape index (κ2) is 7.96. The minimum absolute atomic E-state index is 0.872. The molecule has 3 heteroatoms. The van der Waals surface area contributed by atoms with E-state index < -0.39 is 0 Å². The molecule has 0 unspecified atom stereocenters. The number of hydrogen-bond donors (Lipinski definition) is 1. The van der Waals surface area contributed by atoms with Gasteiger partial charge < -0.3 is 0 Å². The van der Waals surface area contributed by atoms with Crippen molar-refractivity contribution in [3.8, 4) is 0 Å². The van der Waals surface area contributed by atoms with Crippen LogP contribution < -0.4 is 0 Å². The van der Waals surface area contributed by atoms with Gasteiger partial charge in [-0.05, 0) is 25.7 Å². The fraction of sp³-hybridized carbons (Fsp3) is 1.00. The van der Waals surface area contributed by atoms with Gasteiger partial charge in [-0.3, -0.25) is 0 Å². The summed E-state index contributed by atoms with van der Waals surface area (Å²) in [4.78, 5) is 0. The summed E-state index contributed by atoms with van der Waals surface area (Å²) in [6.45, 7) is 0. The van der Waals surface area contributed by atoms with Crippen molar-refractivity contribution in [3.05, 3.63) is 0 Å². The van der Waals surface area contributed by atoms with Gasteiger partial charge in [0.05, 0.1) is 0 Å². The molecule has 0 atom stereocenters. The molecule has 0 aromatic heterocycles. The van der Waals surface area contributed by atoms with E-state index in [1.807, 2.05) is 0 Å². The SMILES string of the molecule is SCCSN(C1CCCCC1)C1CCCCC1. The molecule has 0 radical (unpaired) electrons. The van der Waals surface area contributed by atoms with Crippen molar-refractivity contribution in [2.45, 2.75) is 76.3 Å². The standard InChI is InChI=1S/C14H27NS2/c16-11-12-17-15(13-7-3-1-4-8-13)14-9-5-2-6-10-14/h13-14,16H,1-12H2. The highest BCUT2D eigenvalue weighted by atomic mass is 32.2. The summed E-state index contributed by atoms with van der Waals surface area (Å²) in [7, 11) is 0. The molecule has 0 N–H and O–H groups in total. The third-order valence-electron chi connectivity index (χ3n) is 4.20. The highest BCUT2D eigenvalue weighted by Gasteiger charge is 2.28. The van der Waals surface area contributed by atoms with Gasteiger partial charge in [0.2, 0.25) is 0 Å². The van der Waals surface area contributed by atoms with Crippen molar-refractivity contribution >= 4 is 24.6 Å². The Morgan fingerprint density at radius 1 is 0.824 bits per heavy atom. The van der Waals surface area contributed by atoms with E-state index in [9.17, 15) is 0 Å². The van der Waals surface area contributed by atoms with Gasteiger partial charge in [-0.2, -0.15) is 12.6 Å². The lowest BCUT2D eigenvalue weighted by Gasteiger charge is -2.40. The van der Waals surface area contributed by atoms with Crippen molar-refractivity contribution < 1.29 is 0 Å². The largest absolute Gasteiger partial charge is 0.244 e. The fourth-order valence-electron chi connectivity index (χ4n) is 3.33. The molecule has 100 valence electrons. The highest BCUT2D eigenvalue weighted by Crippen LogP contribution is 2.34. The number of hydrogen-bond acceptors (Lipinski definition) is 3. The first-order valence-corrected chi connectivity index (χ1v) is 9.01. The zero-order valence-electron chi connectivity index (χ0n) is 10.9.